The van der Waals surface area contributed by atoms with Gasteiger partial charge in [-0.25, -0.2) is 0 Å². The van der Waals surface area contributed by atoms with Crippen molar-refractivity contribution in [2.24, 2.45) is 0 Å². The van der Waals surface area contributed by atoms with Gasteiger partial charge in [0.25, 0.3) is 0 Å². The van der Waals surface area contributed by atoms with Gasteiger partial charge in [-0.3, -0.25) is 0 Å². The van der Waals surface area contributed by atoms with Crippen molar-refractivity contribution < 1.29 is 0 Å². The summed E-state index contributed by atoms with van der Waals surface area (Å²) in [6.45, 7) is 9.54. The number of benzene rings is 20. The van der Waals surface area contributed by atoms with Crippen LogP contribution >= 0.6 is 0 Å². The SMILES string of the molecule is Cc1c(-c2ccccc2)c(-c2ccccc2)c(C)c2c1-c1ccc3c4ccc5c6c(-c7ccccc7)c7c8ccc9c%10ccc%11c%12c(ccc(c%13ccc(c7c(-c7ccccc7)c6c6ccc(c7ccc-2c1c37)c4c56)c8c9%13)c%12%10)-c1c-%11c(C)c2c(-c3ccccc3)ccc(-c3ccccc3)c2c1C. The van der Waals surface area contributed by atoms with Gasteiger partial charge in [-0.2, -0.15) is 0 Å². The molecule has 0 aromatic heterocycles. The maximum absolute atomic E-state index is 2.51. The molecule has 0 atom stereocenters. The molecule has 0 bridgehead atoms. The molecule has 0 amide bonds. The number of aryl methyl sites for hydroxylation is 2. The van der Waals surface area contributed by atoms with E-state index in [4.69, 9.17) is 0 Å². The van der Waals surface area contributed by atoms with Crippen LogP contribution in [-0.4, -0.2) is 0 Å². The van der Waals surface area contributed by atoms with E-state index in [0.717, 1.165) is 0 Å². The maximum atomic E-state index is 2.51. The summed E-state index contributed by atoms with van der Waals surface area (Å²) in [6, 6.07) is 112. The van der Waals surface area contributed by atoms with E-state index in [1.54, 1.807) is 0 Å². The van der Waals surface area contributed by atoms with Crippen molar-refractivity contribution in [3.05, 3.63) is 313 Å². The van der Waals surface area contributed by atoms with Crippen LogP contribution in [0.15, 0.2) is 291 Å². The van der Waals surface area contributed by atoms with Gasteiger partial charge in [0, 0.05) is 0 Å². The topological polar surface area (TPSA) is 0 Å². The van der Waals surface area contributed by atoms with Crippen LogP contribution in [0, 0.1) is 27.7 Å². The zero-order valence-corrected chi connectivity index (χ0v) is 56.7. The lowest BCUT2D eigenvalue weighted by Crippen LogP contribution is -1.98. The molecule has 0 nitrogen and oxygen atoms in total. The Labute approximate surface area is 588 Å². The van der Waals surface area contributed by atoms with Crippen molar-refractivity contribution in [1.29, 1.82) is 0 Å². The number of rotatable bonds is 6. The van der Waals surface area contributed by atoms with E-state index in [9.17, 15) is 0 Å². The molecule has 0 aliphatic heterocycles. The van der Waals surface area contributed by atoms with E-state index < -0.39 is 0 Å². The van der Waals surface area contributed by atoms with Gasteiger partial charge in [0.1, 0.15) is 0 Å². The van der Waals surface area contributed by atoms with Gasteiger partial charge >= 0.3 is 0 Å². The minimum absolute atomic E-state index is 1.24. The Morgan fingerprint density at radius 2 is 0.314 bits per heavy atom. The van der Waals surface area contributed by atoms with E-state index in [1.165, 1.54) is 274 Å². The average molecular weight is 1290 g/mol. The lowest BCUT2D eigenvalue weighted by atomic mass is 9.81. The molecule has 468 valence electrons. The second-order valence-electron chi connectivity index (χ2n) is 29.4. The van der Waals surface area contributed by atoms with E-state index >= 15 is 0 Å². The van der Waals surface area contributed by atoms with Crippen LogP contribution in [0.1, 0.15) is 22.3 Å². The molecule has 0 unspecified atom stereocenters. The molecular formula is C102H60. The van der Waals surface area contributed by atoms with Crippen molar-refractivity contribution in [3.63, 3.8) is 0 Å². The van der Waals surface area contributed by atoms with Crippen molar-refractivity contribution in [1.82, 2.24) is 0 Å². The first kappa shape index (κ1) is 55.2. The van der Waals surface area contributed by atoms with Gasteiger partial charge < -0.3 is 0 Å². The molecule has 22 aromatic carbocycles. The largest absolute Gasteiger partial charge is 0.0622 e. The van der Waals surface area contributed by atoms with Gasteiger partial charge in [0.2, 0.25) is 0 Å². The van der Waals surface area contributed by atoms with Crippen LogP contribution in [0.5, 0.6) is 0 Å². The van der Waals surface area contributed by atoms with E-state index in [2.05, 4.69) is 319 Å². The van der Waals surface area contributed by atoms with Gasteiger partial charge in [-0.1, -0.05) is 291 Å². The average Bonchev–Trinajstić information content (AvgIpc) is 1.49. The van der Waals surface area contributed by atoms with Crippen molar-refractivity contribution in [3.8, 4) is 111 Å². The van der Waals surface area contributed by atoms with Crippen molar-refractivity contribution in [2.45, 2.75) is 27.7 Å². The fraction of sp³-hybridized carbons (Fsp3) is 0.0392. The van der Waals surface area contributed by atoms with Gasteiger partial charge in [0.05, 0.1) is 0 Å². The van der Waals surface area contributed by atoms with Crippen LogP contribution in [-0.2, 0) is 0 Å². The Morgan fingerprint density at radius 1 is 0.118 bits per heavy atom. The van der Waals surface area contributed by atoms with Crippen LogP contribution in [0.2, 0.25) is 0 Å². The first-order valence-corrected chi connectivity index (χ1v) is 36.2. The number of fused-ring (bicyclic) bond motifs is 17. The van der Waals surface area contributed by atoms with Crippen LogP contribution in [0.25, 0.3) is 251 Å². The summed E-state index contributed by atoms with van der Waals surface area (Å²) in [5, 5.41) is 34.7. The minimum Gasteiger partial charge on any atom is -0.0622 e. The second-order valence-corrected chi connectivity index (χ2v) is 29.4. The highest BCUT2D eigenvalue weighted by atomic mass is 14.4. The molecule has 0 N–H and O–H groups in total. The van der Waals surface area contributed by atoms with Gasteiger partial charge in [-0.15, -0.1) is 0 Å². The first-order chi connectivity index (χ1) is 50.4. The fourth-order valence-electron chi connectivity index (χ4n) is 21.1. The highest BCUT2D eigenvalue weighted by molar-refractivity contribution is 6.52. The molecule has 0 saturated heterocycles. The molecule has 2 aliphatic rings. The molecule has 0 radical (unpaired) electrons. The van der Waals surface area contributed by atoms with Gasteiger partial charge in [-0.05, 0) is 301 Å². The molecular weight excluding hydrogens is 1230 g/mol. The van der Waals surface area contributed by atoms with E-state index in [0.29, 0.717) is 0 Å². The summed E-state index contributed by atoms with van der Waals surface area (Å²) in [4.78, 5) is 0. The Kier molecular flexibility index (Phi) is 10.6. The lowest BCUT2D eigenvalue weighted by Gasteiger charge is -2.22. The smallest absolute Gasteiger partial charge is 0.000717 e. The third-order valence-electron chi connectivity index (χ3n) is 24.8. The molecule has 24 rings (SSSR count). The normalized spacial score (nSPS) is 12.7. The zero-order chi connectivity index (χ0) is 66.8. The Balaban J connectivity index is 0.776. The highest BCUT2D eigenvalue weighted by Gasteiger charge is 2.36. The monoisotopic (exact) mass is 1280 g/mol. The van der Waals surface area contributed by atoms with Crippen LogP contribution in [0.4, 0.5) is 0 Å². The van der Waals surface area contributed by atoms with Gasteiger partial charge in [0.15, 0.2) is 0 Å². The van der Waals surface area contributed by atoms with E-state index in [-0.39, 0.29) is 0 Å². The molecule has 22 aromatic rings. The van der Waals surface area contributed by atoms with Crippen LogP contribution < -0.4 is 0 Å². The molecule has 0 heterocycles. The number of hydrogen-bond acceptors (Lipinski definition) is 0. The first-order valence-electron chi connectivity index (χ1n) is 36.2. The summed E-state index contributed by atoms with van der Waals surface area (Å²) >= 11 is 0. The maximum Gasteiger partial charge on any atom is -0.000717 e. The third kappa shape index (κ3) is 6.66. The summed E-state index contributed by atoms with van der Waals surface area (Å²) in [5.74, 6) is 0. The quantitative estimate of drug-likeness (QED) is 0.115. The summed E-state index contributed by atoms with van der Waals surface area (Å²) in [5.41, 5.74) is 31.5. The molecule has 0 spiro atoms. The molecule has 0 saturated carbocycles. The summed E-state index contributed by atoms with van der Waals surface area (Å²) in [6.07, 6.45) is 0. The fourth-order valence-corrected chi connectivity index (χ4v) is 21.1. The summed E-state index contributed by atoms with van der Waals surface area (Å²) in [7, 11) is 0. The predicted molar refractivity (Wildman–Crippen MR) is 439 cm³/mol. The number of hydrogen-bond donors (Lipinski definition) is 0. The molecule has 2 aliphatic carbocycles. The lowest BCUT2D eigenvalue weighted by molar-refractivity contribution is 1.40. The Hall–Kier alpha value is -12.7. The highest BCUT2D eigenvalue weighted by Crippen LogP contribution is 2.63. The summed E-state index contributed by atoms with van der Waals surface area (Å²) < 4.78 is 0. The van der Waals surface area contributed by atoms with E-state index in [1.807, 2.05) is 0 Å². The predicted octanol–water partition coefficient (Wildman–Crippen LogP) is 29.0. The molecule has 0 heteroatoms. The van der Waals surface area contributed by atoms with Crippen LogP contribution in [0.3, 0.4) is 0 Å². The molecule has 0 fully saturated rings. The third-order valence-corrected chi connectivity index (χ3v) is 24.8. The standard InChI is InChI=1S/C102H60/c1-53-81(59-27-15-7-16-28-59)82(60-29-17-8-18-30-60)54(2)86-74-46-38-66-70-42-50-78-97-77(49-41-69(93(70)97)65-37-45-73(85(53)86)95(74)91(65)66)99-89(61-31-19-9-20-32-61)101-79-51-43-71-67-39-47-75-87-55(3)83-63(57-23-11-5-12-24-57)35-36-64(58-25-13-6-14-26-58)84(83)56(4)88(87)76-48-40-68(92(67)96(75)76)72-44-52-80(98(79)94(71)72)102(101)90(100(78)99)62-33-21-10-22-34-62/h5-52H,1-4H3. The Bertz CT molecular complexity index is 7060. The zero-order valence-electron chi connectivity index (χ0n) is 56.7. The second kappa shape index (κ2) is 19.6. The minimum atomic E-state index is 1.24. The van der Waals surface area contributed by atoms with Crippen molar-refractivity contribution in [2.75, 3.05) is 0 Å². The molecule has 102 heavy (non-hydrogen) atoms. The van der Waals surface area contributed by atoms with Crippen molar-refractivity contribution >= 4 is 140 Å². The Morgan fingerprint density at radius 3 is 0.588 bits per heavy atom.